The Kier molecular flexibility index (Phi) is 9.90. The number of carbonyl (C=O) groups is 1. The van der Waals surface area contributed by atoms with E-state index in [1.54, 1.807) is 12.3 Å². The zero-order valence-electron chi connectivity index (χ0n) is 24.3. The van der Waals surface area contributed by atoms with Crippen molar-refractivity contribution in [3.05, 3.63) is 101 Å². The fourth-order valence-electron chi connectivity index (χ4n) is 5.12. The predicted octanol–water partition coefficient (Wildman–Crippen LogP) is 5.54. The molecule has 0 unspecified atom stereocenters. The Hall–Kier alpha value is -4.14. The summed E-state index contributed by atoms with van der Waals surface area (Å²) in [6, 6.07) is 21.3. The fraction of sp³-hybridized carbons (Fsp3) is 0.353. The van der Waals surface area contributed by atoms with Gasteiger partial charge in [0.05, 0.1) is 24.9 Å². The van der Waals surface area contributed by atoms with E-state index in [4.69, 9.17) is 9.15 Å². The van der Waals surface area contributed by atoms with Crippen LogP contribution in [0.4, 0.5) is 5.69 Å². The highest BCUT2D eigenvalue weighted by Crippen LogP contribution is 2.25. The minimum Gasteiger partial charge on any atom is -0.494 e. The molecule has 0 spiro atoms. The molecule has 4 aromatic rings. The number of rotatable bonds is 7. The third kappa shape index (κ3) is 7.99. The maximum absolute atomic E-state index is 13.7. The molecular weight excluding hydrogens is 528 g/mol. The predicted molar refractivity (Wildman–Crippen MR) is 165 cm³/mol. The highest BCUT2D eigenvalue weighted by atomic mass is 16.5. The van der Waals surface area contributed by atoms with Crippen LogP contribution < -0.4 is 20.7 Å². The van der Waals surface area contributed by atoms with Crippen LogP contribution in [0.5, 0.6) is 5.75 Å². The number of nitrogens with zero attached hydrogens (tertiary/aromatic N) is 1. The summed E-state index contributed by atoms with van der Waals surface area (Å²) in [7, 11) is 0. The van der Waals surface area contributed by atoms with E-state index in [0.29, 0.717) is 49.1 Å². The molecule has 1 aliphatic heterocycles. The van der Waals surface area contributed by atoms with Gasteiger partial charge in [-0.3, -0.25) is 4.79 Å². The molecule has 42 heavy (non-hydrogen) atoms. The van der Waals surface area contributed by atoms with Crippen LogP contribution >= 0.6 is 0 Å². The summed E-state index contributed by atoms with van der Waals surface area (Å²) in [6.45, 7) is 6.63. The summed E-state index contributed by atoms with van der Waals surface area (Å²) in [4.78, 5) is 18.0. The maximum Gasteiger partial charge on any atom is 0.251 e. The van der Waals surface area contributed by atoms with E-state index in [9.17, 15) is 9.90 Å². The minimum absolute atomic E-state index is 0.278. The SMILES string of the molecule is CC(C)c1cccc(CNC[C@@H](O)[C@@H]2Cc3cccc(c3)OCCCCNc3cc(cc(-c4ncco4)c3)C(=O)N2)c1. The molecule has 4 N–H and O–H groups in total. The highest BCUT2D eigenvalue weighted by molar-refractivity contribution is 5.96. The summed E-state index contributed by atoms with van der Waals surface area (Å²) < 4.78 is 11.5. The molecule has 220 valence electrons. The van der Waals surface area contributed by atoms with Gasteiger partial charge in [0.25, 0.3) is 5.91 Å². The van der Waals surface area contributed by atoms with Gasteiger partial charge in [-0.05, 0) is 72.2 Å². The van der Waals surface area contributed by atoms with E-state index in [0.717, 1.165) is 42.0 Å². The number of carbonyl (C=O) groups excluding carboxylic acids is 1. The molecule has 0 saturated heterocycles. The number of hydrogen-bond donors (Lipinski definition) is 4. The van der Waals surface area contributed by atoms with Crippen LogP contribution in [-0.4, -0.2) is 47.8 Å². The summed E-state index contributed by atoms with van der Waals surface area (Å²) in [5.74, 6) is 1.40. The number of amides is 1. The normalized spacial score (nSPS) is 16.8. The van der Waals surface area contributed by atoms with Crippen LogP contribution in [0.2, 0.25) is 0 Å². The van der Waals surface area contributed by atoms with Crippen molar-refractivity contribution in [3.8, 4) is 17.2 Å². The maximum atomic E-state index is 13.7. The summed E-state index contributed by atoms with van der Waals surface area (Å²) in [6.07, 6.45) is 4.50. The molecule has 8 heteroatoms. The lowest BCUT2D eigenvalue weighted by atomic mass is 9.99. The zero-order chi connectivity index (χ0) is 29.3. The number of anilines is 1. The molecule has 2 heterocycles. The first-order chi connectivity index (χ1) is 20.4. The topological polar surface area (TPSA) is 109 Å². The molecule has 1 aromatic heterocycles. The Bertz CT molecular complexity index is 1450. The first-order valence-corrected chi connectivity index (χ1v) is 14.7. The van der Waals surface area contributed by atoms with Crippen LogP contribution in [0, 0.1) is 0 Å². The fourth-order valence-corrected chi connectivity index (χ4v) is 5.12. The van der Waals surface area contributed by atoms with Gasteiger partial charge in [0.1, 0.15) is 12.0 Å². The minimum atomic E-state index is -0.835. The molecule has 0 saturated carbocycles. The van der Waals surface area contributed by atoms with Crippen LogP contribution in [0.3, 0.4) is 0 Å². The summed E-state index contributed by atoms with van der Waals surface area (Å²) in [5.41, 5.74) is 5.38. The summed E-state index contributed by atoms with van der Waals surface area (Å²) in [5, 5.41) is 21.3. The molecule has 0 aliphatic carbocycles. The lowest BCUT2D eigenvalue weighted by Gasteiger charge is -2.25. The molecule has 0 fully saturated rings. The second-order valence-corrected chi connectivity index (χ2v) is 11.1. The van der Waals surface area contributed by atoms with Crippen molar-refractivity contribution in [2.75, 3.05) is 25.0 Å². The van der Waals surface area contributed by atoms with Crippen molar-refractivity contribution in [2.45, 2.75) is 57.7 Å². The second-order valence-electron chi connectivity index (χ2n) is 11.1. The molecule has 8 nitrogen and oxygen atoms in total. The summed E-state index contributed by atoms with van der Waals surface area (Å²) >= 11 is 0. The molecule has 1 aliphatic rings. The number of aliphatic hydroxyl groups is 1. The number of aromatic nitrogens is 1. The number of ether oxygens (including phenoxy) is 1. The van der Waals surface area contributed by atoms with Crippen LogP contribution in [0.15, 0.2) is 83.6 Å². The van der Waals surface area contributed by atoms with Crippen molar-refractivity contribution >= 4 is 11.6 Å². The number of nitrogens with one attached hydrogen (secondary N) is 3. The Balaban J connectivity index is 1.37. The average Bonchev–Trinajstić information content (AvgIpc) is 3.54. The van der Waals surface area contributed by atoms with Gasteiger partial charge in [0.15, 0.2) is 0 Å². The van der Waals surface area contributed by atoms with E-state index in [1.165, 1.54) is 11.8 Å². The van der Waals surface area contributed by atoms with Gasteiger partial charge in [-0.2, -0.15) is 0 Å². The van der Waals surface area contributed by atoms with E-state index < -0.39 is 12.1 Å². The lowest BCUT2D eigenvalue weighted by molar-refractivity contribution is 0.0830. The largest absolute Gasteiger partial charge is 0.494 e. The smallest absolute Gasteiger partial charge is 0.251 e. The standard InChI is InChI=1S/C34H40N4O4/c1-23(2)26-9-5-8-25(15-26)21-35-22-32(39)31-17-24-7-6-10-30(16-24)41-13-4-3-11-36-29-19-27(33(40)38-31)18-28(20-29)34-37-12-14-42-34/h5-10,12,14-16,18-20,23,31-32,35-36,39H,3-4,11,13,17,21-22H2,1-2H3,(H,38,40)/t31-,32+/m0/s1. The van der Waals surface area contributed by atoms with Crippen molar-refractivity contribution in [1.82, 2.24) is 15.6 Å². The van der Waals surface area contributed by atoms with Gasteiger partial charge in [-0.15, -0.1) is 0 Å². The highest BCUT2D eigenvalue weighted by Gasteiger charge is 2.24. The first kappa shape index (κ1) is 29.4. The molecule has 2 atom stereocenters. The van der Waals surface area contributed by atoms with Crippen LogP contribution in [0.25, 0.3) is 11.5 Å². The van der Waals surface area contributed by atoms with Crippen LogP contribution in [-0.2, 0) is 13.0 Å². The number of hydrogen-bond acceptors (Lipinski definition) is 7. The van der Waals surface area contributed by atoms with Gasteiger partial charge in [-0.25, -0.2) is 4.98 Å². The Morgan fingerprint density at radius 1 is 1.05 bits per heavy atom. The number of aliphatic hydroxyl groups excluding tert-OH is 1. The Morgan fingerprint density at radius 2 is 1.90 bits per heavy atom. The number of benzene rings is 3. The van der Waals surface area contributed by atoms with Crippen LogP contribution in [0.1, 0.15) is 59.7 Å². The zero-order valence-corrected chi connectivity index (χ0v) is 24.3. The van der Waals surface area contributed by atoms with Crippen molar-refractivity contribution in [3.63, 3.8) is 0 Å². The molecule has 3 aromatic carbocycles. The molecule has 0 radical (unpaired) electrons. The Labute approximate surface area is 247 Å². The van der Waals surface area contributed by atoms with Gasteiger partial charge in [0.2, 0.25) is 5.89 Å². The third-order valence-corrected chi connectivity index (χ3v) is 7.48. The van der Waals surface area contributed by atoms with Crippen molar-refractivity contribution in [2.24, 2.45) is 0 Å². The van der Waals surface area contributed by atoms with E-state index in [1.807, 2.05) is 36.4 Å². The molecule has 5 rings (SSSR count). The molecular formula is C34H40N4O4. The molecule has 4 bridgehead atoms. The monoisotopic (exact) mass is 568 g/mol. The quantitative estimate of drug-likeness (QED) is 0.232. The second kappa shape index (κ2) is 14.2. The van der Waals surface area contributed by atoms with Crippen molar-refractivity contribution in [1.29, 1.82) is 0 Å². The van der Waals surface area contributed by atoms with Gasteiger partial charge < -0.3 is 30.2 Å². The number of oxazole rings is 1. The van der Waals surface area contributed by atoms with E-state index in [2.05, 4.69) is 59.0 Å². The average molecular weight is 569 g/mol. The lowest BCUT2D eigenvalue weighted by Crippen LogP contribution is -2.48. The first-order valence-electron chi connectivity index (χ1n) is 14.7. The van der Waals surface area contributed by atoms with E-state index in [-0.39, 0.29) is 5.91 Å². The third-order valence-electron chi connectivity index (χ3n) is 7.48. The van der Waals surface area contributed by atoms with Gasteiger partial charge in [0, 0.05) is 36.4 Å². The van der Waals surface area contributed by atoms with Gasteiger partial charge in [-0.1, -0.05) is 50.2 Å². The van der Waals surface area contributed by atoms with Crippen molar-refractivity contribution < 1.29 is 19.1 Å². The van der Waals surface area contributed by atoms with E-state index >= 15 is 0 Å². The van der Waals surface area contributed by atoms with Gasteiger partial charge >= 0.3 is 0 Å². The number of fused-ring (bicyclic) bond motifs is 4. The molecule has 1 amide bonds. The Morgan fingerprint density at radius 3 is 2.74 bits per heavy atom.